The van der Waals surface area contributed by atoms with Crippen LogP contribution < -0.4 is 5.73 Å². The Morgan fingerprint density at radius 2 is 2.04 bits per heavy atom. The van der Waals surface area contributed by atoms with Crippen molar-refractivity contribution in [2.45, 2.75) is 25.3 Å². The Bertz CT molecular complexity index is 830. The van der Waals surface area contributed by atoms with Gasteiger partial charge in [0.15, 0.2) is 5.82 Å². The summed E-state index contributed by atoms with van der Waals surface area (Å²) in [4.78, 5) is 15.7. The molecule has 0 bridgehead atoms. The zero-order chi connectivity index (χ0) is 17.1. The highest BCUT2D eigenvalue weighted by Gasteiger charge is 2.24. The molecule has 7 heteroatoms. The standard InChI is InChI=1S/C18H21N7/c19-15-8-9-20-16(21-15)12-25-10-4-7-14(11-25)18-22-17(23-24-18)13-5-2-1-3-6-13/h1-3,5-6,8-9,14H,4,7,10-12H2,(H2,19,20,21)(H,22,23,24)/t14-/m1/s1. The molecule has 1 saturated heterocycles. The summed E-state index contributed by atoms with van der Waals surface area (Å²) < 4.78 is 0. The number of piperidine rings is 1. The number of nitrogens with one attached hydrogen (secondary N) is 1. The zero-order valence-corrected chi connectivity index (χ0v) is 14.0. The summed E-state index contributed by atoms with van der Waals surface area (Å²) in [6.45, 7) is 2.66. The first-order valence-electron chi connectivity index (χ1n) is 8.55. The van der Waals surface area contributed by atoms with E-state index < -0.39 is 0 Å². The second kappa shape index (κ2) is 6.98. The Labute approximate surface area is 146 Å². The van der Waals surface area contributed by atoms with Crippen LogP contribution in [-0.2, 0) is 6.54 Å². The second-order valence-corrected chi connectivity index (χ2v) is 6.38. The predicted octanol–water partition coefficient (Wildman–Crippen LogP) is 2.22. The van der Waals surface area contributed by atoms with Gasteiger partial charge in [-0.1, -0.05) is 30.3 Å². The molecule has 7 nitrogen and oxygen atoms in total. The van der Waals surface area contributed by atoms with E-state index in [1.807, 2.05) is 30.3 Å². The molecule has 4 rings (SSSR count). The number of anilines is 1. The third-order valence-electron chi connectivity index (χ3n) is 4.52. The highest BCUT2D eigenvalue weighted by molar-refractivity contribution is 5.53. The molecule has 128 valence electrons. The normalized spacial score (nSPS) is 18.3. The number of H-pyrrole nitrogens is 1. The highest BCUT2D eigenvalue weighted by Crippen LogP contribution is 2.26. The van der Waals surface area contributed by atoms with Crippen molar-refractivity contribution in [2.24, 2.45) is 0 Å². The molecule has 1 fully saturated rings. The lowest BCUT2D eigenvalue weighted by atomic mass is 9.97. The van der Waals surface area contributed by atoms with E-state index >= 15 is 0 Å². The first-order valence-corrected chi connectivity index (χ1v) is 8.55. The zero-order valence-electron chi connectivity index (χ0n) is 14.0. The van der Waals surface area contributed by atoms with Gasteiger partial charge in [-0.25, -0.2) is 15.0 Å². The van der Waals surface area contributed by atoms with Crippen LogP contribution in [0.1, 0.15) is 30.4 Å². The first kappa shape index (κ1) is 15.7. The van der Waals surface area contributed by atoms with Crippen LogP contribution in [-0.4, -0.2) is 43.1 Å². The Morgan fingerprint density at radius 1 is 1.16 bits per heavy atom. The number of aromatic nitrogens is 5. The minimum Gasteiger partial charge on any atom is -0.384 e. The highest BCUT2D eigenvalue weighted by atomic mass is 15.2. The van der Waals surface area contributed by atoms with Crippen molar-refractivity contribution in [3.8, 4) is 11.4 Å². The van der Waals surface area contributed by atoms with Gasteiger partial charge in [0.05, 0.1) is 6.54 Å². The van der Waals surface area contributed by atoms with Crippen molar-refractivity contribution >= 4 is 5.82 Å². The fraction of sp³-hybridized carbons (Fsp3) is 0.333. The van der Waals surface area contributed by atoms with Crippen LogP contribution in [0.4, 0.5) is 5.82 Å². The van der Waals surface area contributed by atoms with Crippen molar-refractivity contribution in [1.29, 1.82) is 0 Å². The molecule has 2 aromatic heterocycles. The molecule has 3 heterocycles. The lowest BCUT2D eigenvalue weighted by Gasteiger charge is -2.30. The molecule has 0 unspecified atom stereocenters. The number of nitrogen functional groups attached to an aromatic ring is 1. The number of nitrogens with two attached hydrogens (primary N) is 1. The van der Waals surface area contributed by atoms with E-state index in [1.54, 1.807) is 12.3 Å². The van der Waals surface area contributed by atoms with Gasteiger partial charge in [0.2, 0.25) is 0 Å². The van der Waals surface area contributed by atoms with Gasteiger partial charge in [0.25, 0.3) is 0 Å². The summed E-state index contributed by atoms with van der Waals surface area (Å²) in [6, 6.07) is 11.8. The average Bonchev–Trinajstić information content (AvgIpc) is 3.13. The molecule has 25 heavy (non-hydrogen) atoms. The summed E-state index contributed by atoms with van der Waals surface area (Å²) in [7, 11) is 0. The first-order chi connectivity index (χ1) is 12.3. The molecular formula is C18H21N7. The maximum atomic E-state index is 5.75. The van der Waals surface area contributed by atoms with Crippen LogP contribution in [0, 0.1) is 0 Å². The topological polar surface area (TPSA) is 96.6 Å². The van der Waals surface area contributed by atoms with Crippen LogP contribution >= 0.6 is 0 Å². The second-order valence-electron chi connectivity index (χ2n) is 6.38. The molecule has 1 aromatic carbocycles. The number of aromatic amines is 1. The maximum Gasteiger partial charge on any atom is 0.181 e. The quantitative estimate of drug-likeness (QED) is 0.759. The van der Waals surface area contributed by atoms with Crippen molar-refractivity contribution in [3.63, 3.8) is 0 Å². The van der Waals surface area contributed by atoms with E-state index in [4.69, 9.17) is 10.7 Å². The minimum absolute atomic E-state index is 0.347. The lowest BCUT2D eigenvalue weighted by Crippen LogP contribution is -2.34. The van der Waals surface area contributed by atoms with Gasteiger partial charge >= 0.3 is 0 Å². The Morgan fingerprint density at radius 3 is 2.88 bits per heavy atom. The number of hydrogen-bond acceptors (Lipinski definition) is 6. The van der Waals surface area contributed by atoms with Crippen LogP contribution in [0.15, 0.2) is 42.6 Å². The number of nitrogens with zero attached hydrogens (tertiary/aromatic N) is 5. The maximum absolute atomic E-state index is 5.75. The number of likely N-dealkylation sites (tertiary alicyclic amines) is 1. The SMILES string of the molecule is Nc1ccnc(CN2CCC[C@@H](c3nc(-c4ccccc4)n[nH]3)C2)n1. The van der Waals surface area contributed by atoms with Gasteiger partial charge in [-0.2, -0.15) is 5.10 Å². The molecule has 1 aliphatic heterocycles. The predicted molar refractivity (Wildman–Crippen MR) is 95.5 cm³/mol. The van der Waals surface area contributed by atoms with E-state index in [9.17, 15) is 0 Å². The monoisotopic (exact) mass is 335 g/mol. The molecule has 3 aromatic rings. The summed E-state index contributed by atoms with van der Waals surface area (Å²) in [5, 5.41) is 7.51. The van der Waals surface area contributed by atoms with Crippen molar-refractivity contribution in [1.82, 2.24) is 30.0 Å². The van der Waals surface area contributed by atoms with E-state index in [2.05, 4.69) is 25.1 Å². The largest absolute Gasteiger partial charge is 0.384 e. The van der Waals surface area contributed by atoms with Gasteiger partial charge in [-0.3, -0.25) is 10.00 Å². The van der Waals surface area contributed by atoms with Crippen molar-refractivity contribution in [3.05, 3.63) is 54.2 Å². The molecule has 0 aliphatic carbocycles. The Kier molecular flexibility index (Phi) is 4.39. The molecule has 0 spiro atoms. The van der Waals surface area contributed by atoms with E-state index in [0.717, 1.165) is 49.0 Å². The molecule has 0 amide bonds. The minimum atomic E-state index is 0.347. The molecule has 1 aliphatic rings. The molecule has 3 N–H and O–H groups in total. The van der Waals surface area contributed by atoms with Crippen molar-refractivity contribution in [2.75, 3.05) is 18.8 Å². The fourth-order valence-corrected chi connectivity index (χ4v) is 3.29. The van der Waals surface area contributed by atoms with Crippen LogP contribution in [0.25, 0.3) is 11.4 Å². The third-order valence-corrected chi connectivity index (χ3v) is 4.52. The molecular weight excluding hydrogens is 314 g/mol. The molecule has 0 saturated carbocycles. The van der Waals surface area contributed by atoms with Gasteiger partial charge in [0, 0.05) is 24.2 Å². The molecule has 0 radical (unpaired) electrons. The van der Waals surface area contributed by atoms with Crippen LogP contribution in [0.2, 0.25) is 0 Å². The summed E-state index contributed by atoms with van der Waals surface area (Å²) in [6.07, 6.45) is 3.94. The van der Waals surface area contributed by atoms with Crippen LogP contribution in [0.5, 0.6) is 0 Å². The van der Waals surface area contributed by atoms with Gasteiger partial charge < -0.3 is 5.73 Å². The number of rotatable bonds is 4. The van der Waals surface area contributed by atoms with Crippen LogP contribution in [0.3, 0.4) is 0 Å². The third kappa shape index (κ3) is 3.66. The molecule has 1 atom stereocenters. The number of hydrogen-bond donors (Lipinski definition) is 2. The van der Waals surface area contributed by atoms with E-state index in [1.165, 1.54) is 0 Å². The van der Waals surface area contributed by atoms with E-state index in [0.29, 0.717) is 18.3 Å². The summed E-state index contributed by atoms with van der Waals surface area (Å²) in [5.41, 5.74) is 6.78. The lowest BCUT2D eigenvalue weighted by molar-refractivity contribution is 0.192. The van der Waals surface area contributed by atoms with Gasteiger partial charge in [0.1, 0.15) is 17.5 Å². The average molecular weight is 335 g/mol. The smallest absolute Gasteiger partial charge is 0.181 e. The van der Waals surface area contributed by atoms with Gasteiger partial charge in [-0.15, -0.1) is 0 Å². The van der Waals surface area contributed by atoms with Crippen molar-refractivity contribution < 1.29 is 0 Å². The Balaban J connectivity index is 1.45. The summed E-state index contributed by atoms with van der Waals surface area (Å²) >= 11 is 0. The van der Waals surface area contributed by atoms with E-state index in [-0.39, 0.29) is 0 Å². The van der Waals surface area contributed by atoms with Gasteiger partial charge in [-0.05, 0) is 25.5 Å². The summed E-state index contributed by atoms with van der Waals surface area (Å²) in [5.74, 6) is 3.34. The fourth-order valence-electron chi connectivity index (χ4n) is 3.29. The number of benzene rings is 1. The Hall–Kier alpha value is -2.80.